The number of oxime groups is 1. The quantitative estimate of drug-likeness (QED) is 0.349. The SMILES string of the molecule is CCC(CC)N(CC(C)C)c1nc(C)cc(/C(N)=N/O)n1. The fraction of sp³-hybridized carbons (Fsp3) is 0.667. The fourth-order valence-electron chi connectivity index (χ4n) is 2.38. The number of aromatic nitrogens is 2. The Morgan fingerprint density at radius 1 is 1.33 bits per heavy atom. The average molecular weight is 293 g/mol. The van der Waals surface area contributed by atoms with E-state index >= 15 is 0 Å². The molecule has 0 atom stereocenters. The fourth-order valence-corrected chi connectivity index (χ4v) is 2.38. The lowest BCUT2D eigenvalue weighted by molar-refractivity contribution is 0.318. The standard InChI is InChI=1S/C15H27N5O/c1-6-12(7-2)20(9-10(3)4)15-17-11(5)8-13(18-15)14(16)19-21/h8,10,12,21H,6-7,9H2,1-5H3,(H2,16,19). The molecule has 6 nitrogen and oxygen atoms in total. The van der Waals surface area contributed by atoms with Gasteiger partial charge >= 0.3 is 0 Å². The Hall–Kier alpha value is -1.85. The Kier molecular flexibility index (Phi) is 6.39. The van der Waals surface area contributed by atoms with Crippen LogP contribution in [-0.4, -0.2) is 33.6 Å². The third-order valence-electron chi connectivity index (χ3n) is 3.41. The first kappa shape index (κ1) is 17.2. The summed E-state index contributed by atoms with van der Waals surface area (Å²) in [6.07, 6.45) is 2.05. The van der Waals surface area contributed by atoms with Crippen molar-refractivity contribution in [1.29, 1.82) is 0 Å². The van der Waals surface area contributed by atoms with E-state index in [9.17, 15) is 0 Å². The zero-order valence-corrected chi connectivity index (χ0v) is 13.7. The highest BCUT2D eigenvalue weighted by atomic mass is 16.4. The Morgan fingerprint density at radius 2 is 1.95 bits per heavy atom. The molecule has 21 heavy (non-hydrogen) atoms. The summed E-state index contributed by atoms with van der Waals surface area (Å²) in [6.45, 7) is 11.5. The molecule has 1 rings (SSSR count). The maximum atomic E-state index is 8.84. The Balaban J connectivity index is 3.26. The molecular formula is C15H27N5O. The number of hydrogen-bond donors (Lipinski definition) is 2. The van der Waals surface area contributed by atoms with E-state index < -0.39 is 0 Å². The average Bonchev–Trinajstić information content (AvgIpc) is 2.45. The van der Waals surface area contributed by atoms with Crippen LogP contribution in [-0.2, 0) is 0 Å². The van der Waals surface area contributed by atoms with Crippen LogP contribution < -0.4 is 10.6 Å². The number of nitrogens with two attached hydrogens (primary N) is 1. The van der Waals surface area contributed by atoms with Gasteiger partial charge in [-0.2, -0.15) is 0 Å². The molecule has 0 amide bonds. The minimum absolute atomic E-state index is 0.00999. The molecule has 6 heteroatoms. The topological polar surface area (TPSA) is 87.6 Å². The van der Waals surface area contributed by atoms with Crippen LogP contribution in [0.2, 0.25) is 0 Å². The zero-order chi connectivity index (χ0) is 16.0. The predicted molar refractivity (Wildman–Crippen MR) is 85.8 cm³/mol. The Labute approximate surface area is 127 Å². The van der Waals surface area contributed by atoms with Crippen molar-refractivity contribution in [2.45, 2.75) is 53.5 Å². The van der Waals surface area contributed by atoms with Crippen molar-refractivity contribution in [2.24, 2.45) is 16.8 Å². The van der Waals surface area contributed by atoms with Crippen LogP contribution in [0.15, 0.2) is 11.2 Å². The van der Waals surface area contributed by atoms with Crippen molar-refractivity contribution in [1.82, 2.24) is 9.97 Å². The first-order valence-corrected chi connectivity index (χ1v) is 7.53. The largest absolute Gasteiger partial charge is 0.409 e. The van der Waals surface area contributed by atoms with Gasteiger partial charge in [-0.3, -0.25) is 0 Å². The van der Waals surface area contributed by atoms with Gasteiger partial charge < -0.3 is 15.8 Å². The van der Waals surface area contributed by atoms with Crippen LogP contribution in [0.5, 0.6) is 0 Å². The number of hydrogen-bond acceptors (Lipinski definition) is 5. The predicted octanol–water partition coefficient (Wildman–Crippen LogP) is 2.53. The molecule has 0 aliphatic carbocycles. The minimum atomic E-state index is 0.00999. The van der Waals surface area contributed by atoms with Crippen molar-refractivity contribution < 1.29 is 5.21 Å². The van der Waals surface area contributed by atoms with Gasteiger partial charge in [-0.05, 0) is 31.7 Å². The number of rotatable bonds is 7. The molecule has 3 N–H and O–H groups in total. The third-order valence-corrected chi connectivity index (χ3v) is 3.41. The molecule has 1 heterocycles. The molecule has 1 aromatic heterocycles. The second-order valence-electron chi connectivity index (χ2n) is 5.70. The molecule has 0 bridgehead atoms. The van der Waals surface area contributed by atoms with Gasteiger partial charge in [0.05, 0.1) is 0 Å². The maximum Gasteiger partial charge on any atom is 0.226 e. The summed E-state index contributed by atoms with van der Waals surface area (Å²) in [7, 11) is 0. The second kappa shape index (κ2) is 7.81. The van der Waals surface area contributed by atoms with Crippen molar-refractivity contribution in [2.75, 3.05) is 11.4 Å². The molecule has 118 valence electrons. The number of nitrogens with zero attached hydrogens (tertiary/aromatic N) is 4. The Morgan fingerprint density at radius 3 is 2.43 bits per heavy atom. The third kappa shape index (κ3) is 4.58. The highest BCUT2D eigenvalue weighted by Gasteiger charge is 2.20. The van der Waals surface area contributed by atoms with Crippen molar-refractivity contribution >= 4 is 11.8 Å². The summed E-state index contributed by atoms with van der Waals surface area (Å²) in [5, 5.41) is 11.9. The van der Waals surface area contributed by atoms with E-state index in [0.29, 0.717) is 23.6 Å². The van der Waals surface area contributed by atoms with Gasteiger partial charge in [-0.25, -0.2) is 9.97 Å². The number of aryl methyl sites for hydroxylation is 1. The van der Waals surface area contributed by atoms with Gasteiger partial charge in [0.2, 0.25) is 5.95 Å². The van der Waals surface area contributed by atoms with Gasteiger partial charge in [0.15, 0.2) is 5.84 Å². The molecule has 0 saturated carbocycles. The maximum absolute atomic E-state index is 8.84. The summed E-state index contributed by atoms with van der Waals surface area (Å²) in [6, 6.07) is 2.10. The van der Waals surface area contributed by atoms with E-state index in [2.05, 4.69) is 47.7 Å². The molecule has 0 unspecified atom stereocenters. The summed E-state index contributed by atoms with van der Waals surface area (Å²) >= 11 is 0. The summed E-state index contributed by atoms with van der Waals surface area (Å²) in [5.41, 5.74) is 6.93. The molecule has 0 saturated heterocycles. The van der Waals surface area contributed by atoms with E-state index in [1.54, 1.807) is 6.07 Å². The number of anilines is 1. The molecule has 0 aromatic carbocycles. The highest BCUT2D eigenvalue weighted by molar-refractivity contribution is 5.95. The van der Waals surface area contributed by atoms with E-state index in [1.807, 2.05) is 6.92 Å². The van der Waals surface area contributed by atoms with E-state index in [4.69, 9.17) is 10.9 Å². The van der Waals surface area contributed by atoms with E-state index in [1.165, 1.54) is 0 Å². The lowest BCUT2D eigenvalue weighted by Crippen LogP contribution is -2.39. The second-order valence-corrected chi connectivity index (χ2v) is 5.70. The Bertz CT molecular complexity index is 483. The normalized spacial score (nSPS) is 12.2. The van der Waals surface area contributed by atoms with Crippen LogP contribution in [0.1, 0.15) is 51.9 Å². The zero-order valence-electron chi connectivity index (χ0n) is 13.7. The van der Waals surface area contributed by atoms with Crippen LogP contribution in [0, 0.1) is 12.8 Å². The van der Waals surface area contributed by atoms with Gasteiger partial charge in [-0.1, -0.05) is 32.9 Å². The minimum Gasteiger partial charge on any atom is -0.409 e. The molecule has 0 radical (unpaired) electrons. The van der Waals surface area contributed by atoms with Gasteiger partial charge in [-0.15, -0.1) is 0 Å². The van der Waals surface area contributed by atoms with Crippen LogP contribution in [0.25, 0.3) is 0 Å². The molecule has 0 aliphatic rings. The summed E-state index contributed by atoms with van der Waals surface area (Å²) < 4.78 is 0. The highest BCUT2D eigenvalue weighted by Crippen LogP contribution is 2.19. The van der Waals surface area contributed by atoms with Crippen molar-refractivity contribution in [3.8, 4) is 0 Å². The monoisotopic (exact) mass is 293 g/mol. The van der Waals surface area contributed by atoms with Crippen molar-refractivity contribution in [3.05, 3.63) is 17.5 Å². The molecule has 0 aliphatic heterocycles. The van der Waals surface area contributed by atoms with E-state index in [-0.39, 0.29) is 5.84 Å². The molecule has 0 spiro atoms. The number of amidine groups is 1. The van der Waals surface area contributed by atoms with E-state index in [0.717, 1.165) is 25.1 Å². The van der Waals surface area contributed by atoms with Gasteiger partial charge in [0.1, 0.15) is 5.69 Å². The van der Waals surface area contributed by atoms with Crippen LogP contribution in [0.4, 0.5) is 5.95 Å². The molecular weight excluding hydrogens is 266 g/mol. The lowest BCUT2D eigenvalue weighted by Gasteiger charge is -2.32. The lowest BCUT2D eigenvalue weighted by atomic mass is 10.1. The molecule has 0 fully saturated rings. The first-order chi connectivity index (χ1) is 9.92. The van der Waals surface area contributed by atoms with Gasteiger partial charge in [0, 0.05) is 18.3 Å². The summed E-state index contributed by atoms with van der Waals surface area (Å²) in [5.74, 6) is 1.16. The smallest absolute Gasteiger partial charge is 0.226 e. The molecule has 1 aromatic rings. The summed E-state index contributed by atoms with van der Waals surface area (Å²) in [4.78, 5) is 11.2. The first-order valence-electron chi connectivity index (χ1n) is 7.53. The van der Waals surface area contributed by atoms with Crippen molar-refractivity contribution in [3.63, 3.8) is 0 Å². The van der Waals surface area contributed by atoms with Crippen LogP contribution >= 0.6 is 0 Å². The van der Waals surface area contributed by atoms with Gasteiger partial charge in [0.25, 0.3) is 0 Å². The van der Waals surface area contributed by atoms with Crippen LogP contribution in [0.3, 0.4) is 0 Å².